The molecule has 29 heavy (non-hydrogen) atoms. The molecule has 0 saturated heterocycles. The van der Waals surface area contributed by atoms with Crippen molar-refractivity contribution in [2.24, 2.45) is 17.6 Å². The third kappa shape index (κ3) is 9.51. The third-order valence-corrected chi connectivity index (χ3v) is 5.54. The summed E-state index contributed by atoms with van der Waals surface area (Å²) >= 11 is 0. The Balaban J connectivity index is 3.18. The van der Waals surface area contributed by atoms with Crippen LogP contribution >= 0.6 is 0 Å². The predicted molar refractivity (Wildman–Crippen MR) is 124 cm³/mol. The Hall–Kier alpha value is -1.78. The van der Waals surface area contributed by atoms with Gasteiger partial charge < -0.3 is 15.2 Å². The Kier molecular flexibility index (Phi) is 12.4. The Morgan fingerprint density at radius 2 is 2.00 bits per heavy atom. The zero-order chi connectivity index (χ0) is 21.6. The molecule has 0 amide bonds. The summed E-state index contributed by atoms with van der Waals surface area (Å²) in [5.41, 5.74) is 7.06. The van der Waals surface area contributed by atoms with Gasteiger partial charge in [-0.15, -0.1) is 0 Å². The van der Waals surface area contributed by atoms with Crippen LogP contribution in [-0.4, -0.2) is 44.8 Å². The number of hydrogen-bond acceptors (Lipinski definition) is 4. The molecule has 2 N–H and O–H groups in total. The van der Waals surface area contributed by atoms with Crippen molar-refractivity contribution >= 4 is 0 Å². The molecule has 4 nitrogen and oxygen atoms in total. The van der Waals surface area contributed by atoms with Crippen molar-refractivity contribution in [2.75, 3.05) is 33.9 Å². The normalized spacial score (nSPS) is 25.0. The minimum Gasteiger partial charge on any atom is -0.501 e. The summed E-state index contributed by atoms with van der Waals surface area (Å²) in [7, 11) is 3.37. The number of hydrogen-bond donors (Lipinski definition) is 1. The summed E-state index contributed by atoms with van der Waals surface area (Å²) in [6.45, 7) is 13.0. The largest absolute Gasteiger partial charge is 0.501 e. The lowest BCUT2D eigenvalue weighted by atomic mass is 9.92. The van der Waals surface area contributed by atoms with E-state index in [1.54, 1.807) is 14.2 Å². The SMILES string of the molecule is C=C/C(CN(CC(C)CN)C1CC/C=C\C=C/CC(C)C1)=C(\C=C(/C)OC)OC. The summed E-state index contributed by atoms with van der Waals surface area (Å²) in [6.07, 6.45) is 17.3. The van der Waals surface area contributed by atoms with Crippen LogP contribution in [0.2, 0.25) is 0 Å². The van der Waals surface area contributed by atoms with Crippen LogP contribution in [0.15, 0.2) is 60.1 Å². The van der Waals surface area contributed by atoms with Gasteiger partial charge in [0.25, 0.3) is 0 Å². The molecule has 0 aliphatic heterocycles. The first-order valence-corrected chi connectivity index (χ1v) is 10.8. The fourth-order valence-corrected chi connectivity index (χ4v) is 3.67. The Morgan fingerprint density at radius 3 is 2.62 bits per heavy atom. The molecule has 0 spiro atoms. The van der Waals surface area contributed by atoms with Crippen LogP contribution < -0.4 is 5.73 Å². The van der Waals surface area contributed by atoms with E-state index < -0.39 is 0 Å². The summed E-state index contributed by atoms with van der Waals surface area (Å²) < 4.78 is 11.0. The lowest BCUT2D eigenvalue weighted by Crippen LogP contribution is -2.42. The Bertz CT molecular complexity index is 604. The highest BCUT2D eigenvalue weighted by atomic mass is 16.5. The van der Waals surface area contributed by atoms with E-state index in [-0.39, 0.29) is 0 Å². The maximum atomic E-state index is 5.98. The van der Waals surface area contributed by atoms with Crippen LogP contribution in [0.4, 0.5) is 0 Å². The molecule has 0 saturated carbocycles. The second kappa shape index (κ2) is 14.2. The lowest BCUT2D eigenvalue weighted by Gasteiger charge is -2.35. The van der Waals surface area contributed by atoms with Gasteiger partial charge in [0.2, 0.25) is 0 Å². The van der Waals surface area contributed by atoms with Gasteiger partial charge in [0.15, 0.2) is 0 Å². The fourth-order valence-electron chi connectivity index (χ4n) is 3.67. The molecular formula is C25H42N2O2. The van der Waals surface area contributed by atoms with E-state index in [1.165, 1.54) is 6.42 Å². The van der Waals surface area contributed by atoms with Gasteiger partial charge in [0.1, 0.15) is 5.76 Å². The van der Waals surface area contributed by atoms with E-state index in [0.717, 1.165) is 49.4 Å². The zero-order valence-electron chi connectivity index (χ0n) is 19.2. The fraction of sp³-hybridized carbons (Fsp3) is 0.600. The number of nitrogens with two attached hydrogens (primary N) is 1. The average molecular weight is 403 g/mol. The van der Waals surface area contributed by atoms with Crippen LogP contribution in [0.1, 0.15) is 46.5 Å². The van der Waals surface area contributed by atoms with E-state index in [9.17, 15) is 0 Å². The van der Waals surface area contributed by atoms with E-state index >= 15 is 0 Å². The van der Waals surface area contributed by atoms with Crippen molar-refractivity contribution in [3.8, 4) is 0 Å². The molecule has 0 fully saturated rings. The molecule has 0 aromatic carbocycles. The maximum absolute atomic E-state index is 5.98. The van der Waals surface area contributed by atoms with Crippen LogP contribution in [0.3, 0.4) is 0 Å². The number of rotatable bonds is 10. The van der Waals surface area contributed by atoms with E-state index in [0.29, 0.717) is 24.4 Å². The summed E-state index contributed by atoms with van der Waals surface area (Å²) in [4.78, 5) is 2.58. The first-order chi connectivity index (χ1) is 13.9. The smallest absolute Gasteiger partial charge is 0.126 e. The molecule has 0 heterocycles. The molecule has 1 rings (SSSR count). The zero-order valence-corrected chi connectivity index (χ0v) is 19.2. The number of methoxy groups -OCH3 is 2. The third-order valence-electron chi connectivity index (χ3n) is 5.54. The molecule has 1 aliphatic carbocycles. The lowest BCUT2D eigenvalue weighted by molar-refractivity contribution is 0.154. The maximum Gasteiger partial charge on any atom is 0.126 e. The molecule has 0 aromatic heterocycles. The van der Waals surface area contributed by atoms with Gasteiger partial charge in [0.05, 0.1) is 20.0 Å². The van der Waals surface area contributed by atoms with Gasteiger partial charge >= 0.3 is 0 Å². The highest BCUT2D eigenvalue weighted by molar-refractivity contribution is 5.30. The first kappa shape index (κ1) is 25.3. The molecular weight excluding hydrogens is 360 g/mol. The van der Waals surface area contributed by atoms with Gasteiger partial charge in [-0.05, 0) is 51.0 Å². The molecule has 164 valence electrons. The van der Waals surface area contributed by atoms with Gasteiger partial charge in [-0.2, -0.15) is 0 Å². The van der Waals surface area contributed by atoms with Crippen LogP contribution in [0.25, 0.3) is 0 Å². The van der Waals surface area contributed by atoms with Crippen molar-refractivity contribution in [2.45, 2.75) is 52.5 Å². The summed E-state index contributed by atoms with van der Waals surface area (Å²) in [6, 6.07) is 0.496. The molecule has 0 radical (unpaired) electrons. The van der Waals surface area contributed by atoms with Gasteiger partial charge in [-0.3, -0.25) is 4.90 Å². The number of ether oxygens (including phenoxy) is 2. The second-order valence-corrected chi connectivity index (χ2v) is 8.19. The topological polar surface area (TPSA) is 47.7 Å². The molecule has 3 unspecified atom stereocenters. The average Bonchev–Trinajstić information content (AvgIpc) is 2.73. The van der Waals surface area contributed by atoms with Crippen molar-refractivity contribution in [3.63, 3.8) is 0 Å². The molecule has 1 aliphatic rings. The Morgan fingerprint density at radius 1 is 1.28 bits per heavy atom. The van der Waals surface area contributed by atoms with Gasteiger partial charge in [-0.1, -0.05) is 50.8 Å². The molecule has 3 atom stereocenters. The predicted octanol–water partition coefficient (Wildman–Crippen LogP) is 5.21. The van der Waals surface area contributed by atoms with Crippen LogP contribution in [-0.2, 0) is 9.47 Å². The van der Waals surface area contributed by atoms with Crippen molar-refractivity contribution in [3.05, 3.63) is 60.1 Å². The van der Waals surface area contributed by atoms with Crippen LogP contribution in [0.5, 0.6) is 0 Å². The van der Waals surface area contributed by atoms with E-state index in [1.807, 2.05) is 19.1 Å². The monoisotopic (exact) mass is 402 g/mol. The molecule has 0 aromatic rings. The number of nitrogens with zero attached hydrogens (tertiary/aromatic N) is 1. The summed E-state index contributed by atoms with van der Waals surface area (Å²) in [5, 5.41) is 0. The highest BCUT2D eigenvalue weighted by Crippen LogP contribution is 2.24. The molecule has 4 heteroatoms. The standard InChI is InChI=1S/C25H42N2O2/c1-7-23(25(29-6)16-22(4)28-5)19-27(18-21(3)17-26)24-14-12-10-8-9-11-13-20(2)15-24/h7-11,16,20-21,24H,1,12-15,17-19,26H2,2-6H3/b10-8-,11-9-,22-16+,25-23-. The number of allylic oxidation sites excluding steroid dienone is 6. The molecule has 0 bridgehead atoms. The van der Waals surface area contributed by atoms with E-state index in [2.05, 4.69) is 49.6 Å². The van der Waals surface area contributed by atoms with Crippen molar-refractivity contribution in [1.29, 1.82) is 0 Å². The van der Waals surface area contributed by atoms with Crippen LogP contribution in [0, 0.1) is 11.8 Å². The quantitative estimate of drug-likeness (QED) is 0.402. The van der Waals surface area contributed by atoms with Gasteiger partial charge in [-0.25, -0.2) is 0 Å². The van der Waals surface area contributed by atoms with Gasteiger partial charge in [0, 0.05) is 30.8 Å². The van der Waals surface area contributed by atoms with Crippen molar-refractivity contribution < 1.29 is 9.47 Å². The first-order valence-electron chi connectivity index (χ1n) is 10.8. The minimum atomic E-state index is 0.435. The Labute approximate surface area is 178 Å². The summed E-state index contributed by atoms with van der Waals surface area (Å²) in [5.74, 6) is 2.70. The second-order valence-electron chi connectivity index (χ2n) is 8.19. The highest BCUT2D eigenvalue weighted by Gasteiger charge is 2.23. The minimum absolute atomic E-state index is 0.435. The van der Waals surface area contributed by atoms with Crippen molar-refractivity contribution in [1.82, 2.24) is 4.90 Å². The van der Waals surface area contributed by atoms with E-state index in [4.69, 9.17) is 15.2 Å².